The van der Waals surface area contributed by atoms with Crippen LogP contribution in [0.2, 0.25) is 10.0 Å². The van der Waals surface area contributed by atoms with E-state index in [1.807, 2.05) is 0 Å². The lowest BCUT2D eigenvalue weighted by Gasteiger charge is -2.23. The van der Waals surface area contributed by atoms with Gasteiger partial charge in [0.15, 0.2) is 9.84 Å². The van der Waals surface area contributed by atoms with Gasteiger partial charge in [-0.2, -0.15) is 0 Å². The van der Waals surface area contributed by atoms with Gasteiger partial charge in [-0.3, -0.25) is 4.79 Å². The van der Waals surface area contributed by atoms with Gasteiger partial charge in [0.25, 0.3) is 0 Å². The Morgan fingerprint density at radius 3 is 2.74 bits per heavy atom. The number of hydrogen-bond acceptors (Lipinski definition) is 4. The molecule has 1 amide bonds. The molecule has 8 heteroatoms. The van der Waals surface area contributed by atoms with E-state index in [0.717, 1.165) is 0 Å². The van der Waals surface area contributed by atoms with Gasteiger partial charge in [0.1, 0.15) is 5.75 Å². The van der Waals surface area contributed by atoms with Crippen molar-refractivity contribution in [2.24, 2.45) is 0 Å². The summed E-state index contributed by atoms with van der Waals surface area (Å²) in [6, 6.07) is 4.94. The lowest BCUT2D eigenvalue weighted by Crippen LogP contribution is -2.46. The standard InChI is InChI=1S/C15H19Cl2NO4S/c1-15(6-8-23(20,21)10-15)18-14(19)3-2-7-22-13-5-4-11(16)9-12(13)17/h4-5,9H,2-3,6-8,10H2,1H3,(H,18,19). The Balaban J connectivity index is 1.73. The van der Waals surface area contributed by atoms with E-state index in [2.05, 4.69) is 5.32 Å². The number of ether oxygens (including phenoxy) is 1. The maximum absolute atomic E-state index is 11.9. The van der Waals surface area contributed by atoms with Crippen molar-refractivity contribution in [3.05, 3.63) is 28.2 Å². The molecule has 0 aliphatic carbocycles. The van der Waals surface area contributed by atoms with Gasteiger partial charge in [0.2, 0.25) is 5.91 Å². The van der Waals surface area contributed by atoms with Gasteiger partial charge in [0, 0.05) is 11.4 Å². The topological polar surface area (TPSA) is 72.5 Å². The van der Waals surface area contributed by atoms with E-state index < -0.39 is 15.4 Å². The molecule has 0 aromatic heterocycles. The summed E-state index contributed by atoms with van der Waals surface area (Å²) in [6.07, 6.45) is 1.23. The summed E-state index contributed by atoms with van der Waals surface area (Å²) in [4.78, 5) is 11.9. The molecule has 1 aromatic carbocycles. The molecule has 1 heterocycles. The number of hydrogen-bond donors (Lipinski definition) is 1. The molecule has 0 spiro atoms. The Kier molecular flexibility index (Phi) is 5.81. The van der Waals surface area contributed by atoms with Crippen LogP contribution in [0, 0.1) is 0 Å². The van der Waals surface area contributed by atoms with Crippen LogP contribution in [-0.4, -0.2) is 38.0 Å². The van der Waals surface area contributed by atoms with Crippen LogP contribution < -0.4 is 10.1 Å². The van der Waals surface area contributed by atoms with Crippen LogP contribution in [-0.2, 0) is 14.6 Å². The highest BCUT2D eigenvalue weighted by Gasteiger charge is 2.39. The number of nitrogens with one attached hydrogen (secondary N) is 1. The zero-order chi connectivity index (χ0) is 17.1. The Bertz CT molecular complexity index is 693. The first-order valence-corrected chi connectivity index (χ1v) is 9.86. The zero-order valence-corrected chi connectivity index (χ0v) is 15.1. The normalized spacial score (nSPS) is 22.7. The molecule has 0 radical (unpaired) electrons. The summed E-state index contributed by atoms with van der Waals surface area (Å²) in [7, 11) is -3.03. The molecule has 1 atom stereocenters. The van der Waals surface area contributed by atoms with E-state index in [-0.39, 0.29) is 23.8 Å². The summed E-state index contributed by atoms with van der Waals surface area (Å²) in [5.41, 5.74) is -0.656. The third-order valence-corrected chi connectivity index (χ3v) is 6.08. The smallest absolute Gasteiger partial charge is 0.220 e. The maximum Gasteiger partial charge on any atom is 0.220 e. The molecule has 1 unspecified atom stereocenters. The molecular formula is C15H19Cl2NO4S. The third-order valence-electron chi connectivity index (χ3n) is 3.64. The summed E-state index contributed by atoms with van der Waals surface area (Å²) < 4.78 is 28.5. The first-order chi connectivity index (χ1) is 10.7. The molecule has 1 aliphatic heterocycles. The van der Waals surface area contributed by atoms with Crippen molar-refractivity contribution in [3.8, 4) is 5.75 Å². The molecule has 1 aromatic rings. The Morgan fingerprint density at radius 1 is 1.39 bits per heavy atom. The Labute approximate surface area is 146 Å². The second kappa shape index (κ2) is 7.28. The first-order valence-electron chi connectivity index (χ1n) is 7.28. The second-order valence-corrected chi connectivity index (χ2v) is 9.01. The van der Waals surface area contributed by atoms with Crippen molar-refractivity contribution in [1.82, 2.24) is 5.32 Å². The highest BCUT2D eigenvalue weighted by atomic mass is 35.5. The van der Waals surface area contributed by atoms with Crippen LogP contribution in [0.5, 0.6) is 5.75 Å². The first kappa shape index (κ1) is 18.4. The second-order valence-electron chi connectivity index (χ2n) is 5.98. The molecule has 5 nitrogen and oxygen atoms in total. The Hall–Kier alpha value is -0.980. The van der Waals surface area contributed by atoms with Crippen LogP contribution >= 0.6 is 23.2 Å². The number of halogens is 2. The fourth-order valence-electron chi connectivity index (χ4n) is 2.52. The molecule has 128 valence electrons. The van der Waals surface area contributed by atoms with Gasteiger partial charge in [-0.1, -0.05) is 23.2 Å². The van der Waals surface area contributed by atoms with Gasteiger partial charge >= 0.3 is 0 Å². The van der Waals surface area contributed by atoms with E-state index in [0.29, 0.717) is 35.2 Å². The van der Waals surface area contributed by atoms with Gasteiger partial charge < -0.3 is 10.1 Å². The minimum Gasteiger partial charge on any atom is -0.492 e. The van der Waals surface area contributed by atoms with Gasteiger partial charge in [0.05, 0.1) is 28.7 Å². The summed E-state index contributed by atoms with van der Waals surface area (Å²) in [5, 5.41) is 3.76. The number of benzene rings is 1. The minimum atomic E-state index is -3.03. The van der Waals surface area contributed by atoms with Crippen molar-refractivity contribution < 1.29 is 17.9 Å². The fraction of sp³-hybridized carbons (Fsp3) is 0.533. The van der Waals surface area contributed by atoms with E-state index in [1.54, 1.807) is 25.1 Å². The van der Waals surface area contributed by atoms with E-state index in [9.17, 15) is 13.2 Å². The van der Waals surface area contributed by atoms with Crippen LogP contribution in [0.3, 0.4) is 0 Å². The number of sulfone groups is 1. The minimum absolute atomic E-state index is 0.00260. The molecule has 1 aliphatic rings. The quantitative estimate of drug-likeness (QED) is 0.771. The van der Waals surface area contributed by atoms with Crippen LogP contribution in [0.15, 0.2) is 18.2 Å². The van der Waals surface area contributed by atoms with Gasteiger partial charge in [-0.15, -0.1) is 0 Å². The average molecular weight is 380 g/mol. The number of rotatable bonds is 6. The SMILES string of the molecule is CC1(NC(=O)CCCOc2ccc(Cl)cc2Cl)CCS(=O)(=O)C1. The average Bonchev–Trinajstić information content (AvgIpc) is 2.70. The largest absolute Gasteiger partial charge is 0.492 e. The van der Waals surface area contributed by atoms with Crippen LogP contribution in [0.1, 0.15) is 26.2 Å². The molecule has 0 saturated carbocycles. The maximum atomic E-state index is 11.9. The monoisotopic (exact) mass is 379 g/mol. The molecule has 1 saturated heterocycles. The highest BCUT2D eigenvalue weighted by molar-refractivity contribution is 7.91. The molecular weight excluding hydrogens is 361 g/mol. The van der Waals surface area contributed by atoms with Crippen molar-refractivity contribution >= 4 is 38.9 Å². The predicted molar refractivity (Wildman–Crippen MR) is 91.0 cm³/mol. The summed E-state index contributed by atoms with van der Waals surface area (Å²) in [6.45, 7) is 2.10. The van der Waals surface area contributed by atoms with Gasteiger partial charge in [-0.05, 0) is 38.0 Å². The third kappa shape index (κ3) is 5.55. The van der Waals surface area contributed by atoms with E-state index in [4.69, 9.17) is 27.9 Å². The zero-order valence-electron chi connectivity index (χ0n) is 12.8. The molecule has 1 fully saturated rings. The van der Waals surface area contributed by atoms with Crippen molar-refractivity contribution in [2.45, 2.75) is 31.7 Å². The van der Waals surface area contributed by atoms with Gasteiger partial charge in [-0.25, -0.2) is 8.42 Å². The lowest BCUT2D eigenvalue weighted by atomic mass is 10.0. The molecule has 2 rings (SSSR count). The highest BCUT2D eigenvalue weighted by Crippen LogP contribution is 2.27. The molecule has 1 N–H and O–H groups in total. The lowest BCUT2D eigenvalue weighted by molar-refractivity contribution is -0.122. The summed E-state index contributed by atoms with van der Waals surface area (Å²) >= 11 is 11.8. The van der Waals surface area contributed by atoms with Crippen LogP contribution in [0.4, 0.5) is 0 Å². The number of carbonyl (C=O) groups is 1. The van der Waals surface area contributed by atoms with Crippen LogP contribution in [0.25, 0.3) is 0 Å². The predicted octanol–water partition coefficient (Wildman–Crippen LogP) is 2.85. The van der Waals surface area contributed by atoms with Crippen molar-refractivity contribution in [3.63, 3.8) is 0 Å². The Morgan fingerprint density at radius 2 is 2.13 bits per heavy atom. The molecule has 0 bridgehead atoms. The van der Waals surface area contributed by atoms with Crippen molar-refractivity contribution in [1.29, 1.82) is 0 Å². The molecule has 23 heavy (non-hydrogen) atoms. The number of carbonyl (C=O) groups excluding carboxylic acids is 1. The number of amides is 1. The fourth-order valence-corrected chi connectivity index (χ4v) is 5.07. The summed E-state index contributed by atoms with van der Waals surface area (Å²) in [5.74, 6) is 0.477. The van der Waals surface area contributed by atoms with E-state index >= 15 is 0 Å². The van der Waals surface area contributed by atoms with E-state index in [1.165, 1.54) is 0 Å². The van der Waals surface area contributed by atoms with Crippen molar-refractivity contribution in [2.75, 3.05) is 18.1 Å².